The molecule has 5 rings (SSSR count). The maximum atomic E-state index is 13.2. The van der Waals surface area contributed by atoms with E-state index in [2.05, 4.69) is 26.1 Å². The van der Waals surface area contributed by atoms with Gasteiger partial charge in [-0.05, 0) is 42.7 Å². The fourth-order valence-electron chi connectivity index (χ4n) is 5.03. The lowest BCUT2D eigenvalue weighted by molar-refractivity contribution is -0.117. The van der Waals surface area contributed by atoms with Gasteiger partial charge in [-0.1, -0.05) is 30.3 Å². The summed E-state index contributed by atoms with van der Waals surface area (Å²) in [5.41, 5.74) is 4.64. The van der Waals surface area contributed by atoms with Gasteiger partial charge in [0, 0.05) is 70.1 Å². The van der Waals surface area contributed by atoms with Gasteiger partial charge in [0.25, 0.3) is 17.4 Å². The third-order valence-electron chi connectivity index (χ3n) is 7.59. The van der Waals surface area contributed by atoms with Crippen molar-refractivity contribution in [1.82, 2.24) is 25.0 Å². The molecule has 2 heterocycles. The summed E-state index contributed by atoms with van der Waals surface area (Å²) in [6, 6.07) is 18.2. The van der Waals surface area contributed by atoms with Gasteiger partial charge in [-0.2, -0.15) is 0 Å². The highest BCUT2D eigenvalue weighted by atomic mass is 16.2. The van der Waals surface area contributed by atoms with E-state index in [1.165, 1.54) is 16.5 Å². The van der Waals surface area contributed by atoms with Crippen molar-refractivity contribution < 1.29 is 14.4 Å². The van der Waals surface area contributed by atoms with Crippen molar-refractivity contribution in [2.45, 2.75) is 19.4 Å². The molecule has 12 nitrogen and oxygen atoms in total. The summed E-state index contributed by atoms with van der Waals surface area (Å²) in [6.07, 6.45) is 3.38. The minimum atomic E-state index is -0.425. The Morgan fingerprint density at radius 1 is 0.956 bits per heavy atom. The molecule has 3 amide bonds. The molecule has 4 aromatic rings. The first kappa shape index (κ1) is 30.9. The predicted octanol–water partition coefficient (Wildman–Crippen LogP) is 3.63. The van der Waals surface area contributed by atoms with E-state index in [9.17, 15) is 19.2 Å². The molecule has 0 radical (unpaired) electrons. The summed E-state index contributed by atoms with van der Waals surface area (Å²) in [5, 5.41) is 16.9. The van der Waals surface area contributed by atoms with Crippen LogP contribution in [0.5, 0.6) is 0 Å². The largest absolute Gasteiger partial charge is 0.375 e. The van der Waals surface area contributed by atoms with E-state index >= 15 is 0 Å². The normalized spacial score (nSPS) is 12.3. The molecule has 0 atom stereocenters. The van der Waals surface area contributed by atoms with Crippen LogP contribution in [-0.4, -0.2) is 65.6 Å². The Morgan fingerprint density at radius 2 is 1.69 bits per heavy atom. The maximum absolute atomic E-state index is 13.2. The molecule has 0 spiro atoms. The fraction of sp³-hybridized carbons (Fsp3) is 0.273. The summed E-state index contributed by atoms with van der Waals surface area (Å²) < 4.78 is 1.49. The van der Waals surface area contributed by atoms with Crippen molar-refractivity contribution in [2.24, 2.45) is 13.0 Å². The topological polar surface area (TPSA) is 142 Å². The zero-order chi connectivity index (χ0) is 32.2. The second kappa shape index (κ2) is 13.0. The van der Waals surface area contributed by atoms with Crippen molar-refractivity contribution in [3.8, 4) is 11.1 Å². The average Bonchev–Trinajstić information content (AvgIpc) is 3.89. The number of aromatic nitrogens is 3. The van der Waals surface area contributed by atoms with Gasteiger partial charge in [0.15, 0.2) is 11.5 Å². The Labute approximate surface area is 261 Å². The summed E-state index contributed by atoms with van der Waals surface area (Å²) in [6.45, 7) is 0.195. The summed E-state index contributed by atoms with van der Waals surface area (Å²) >= 11 is 0. The third-order valence-corrected chi connectivity index (χ3v) is 7.59. The molecule has 0 bridgehead atoms. The summed E-state index contributed by atoms with van der Waals surface area (Å²) in [5.74, 6) is -0.504. The zero-order valence-electron chi connectivity index (χ0n) is 25.9. The van der Waals surface area contributed by atoms with E-state index in [1.807, 2.05) is 49.3 Å². The molecule has 45 heavy (non-hydrogen) atoms. The lowest BCUT2D eigenvalue weighted by atomic mass is 10.00. The van der Waals surface area contributed by atoms with Crippen LogP contribution >= 0.6 is 0 Å². The van der Waals surface area contributed by atoms with Crippen LogP contribution in [-0.2, 0) is 18.4 Å². The number of nitrogens with zero attached hydrogens (tertiary/aromatic N) is 5. The molecule has 2 aromatic heterocycles. The number of carbonyl (C=O) groups is 3. The van der Waals surface area contributed by atoms with Crippen LogP contribution in [0.1, 0.15) is 39.3 Å². The summed E-state index contributed by atoms with van der Waals surface area (Å²) in [4.78, 5) is 54.1. The van der Waals surface area contributed by atoms with Gasteiger partial charge in [-0.3, -0.25) is 19.2 Å². The number of benzene rings is 2. The summed E-state index contributed by atoms with van der Waals surface area (Å²) in [7, 11) is 8.69. The second-order valence-electron chi connectivity index (χ2n) is 11.2. The first-order valence-corrected chi connectivity index (χ1v) is 14.6. The lowest BCUT2D eigenvalue weighted by Gasteiger charge is -2.23. The molecule has 12 heteroatoms. The Hall–Kier alpha value is -5.52. The first-order chi connectivity index (χ1) is 21.6. The highest BCUT2D eigenvalue weighted by Crippen LogP contribution is 2.38. The van der Waals surface area contributed by atoms with Crippen LogP contribution in [0.2, 0.25) is 0 Å². The van der Waals surface area contributed by atoms with Crippen molar-refractivity contribution in [3.63, 3.8) is 0 Å². The number of amides is 3. The lowest BCUT2D eigenvalue weighted by Crippen LogP contribution is -2.30. The zero-order valence-corrected chi connectivity index (χ0v) is 25.9. The minimum absolute atomic E-state index is 0.0149. The number of pyridine rings is 1. The molecule has 2 aromatic carbocycles. The number of carbonyl (C=O) groups excluding carboxylic acids is 3. The molecule has 1 aliphatic rings. The van der Waals surface area contributed by atoms with Gasteiger partial charge in [0.05, 0.1) is 23.6 Å². The molecular formula is C33H36N8O4. The van der Waals surface area contributed by atoms with Crippen molar-refractivity contribution in [3.05, 3.63) is 94.0 Å². The molecule has 1 fully saturated rings. The molecule has 1 saturated carbocycles. The second-order valence-corrected chi connectivity index (χ2v) is 11.2. The SMILES string of the molecule is CNC(=O)c1nnc(NC(=O)C2CC2)cc1Nc1cccc(-c2ccc(C(=O)N(C)Cc3cccn(C)c3=O)cc2)c1N(C)C. The van der Waals surface area contributed by atoms with Gasteiger partial charge in [0.2, 0.25) is 5.91 Å². The Balaban J connectivity index is 1.42. The minimum Gasteiger partial charge on any atom is -0.375 e. The van der Waals surface area contributed by atoms with Crippen LogP contribution in [0, 0.1) is 5.92 Å². The van der Waals surface area contributed by atoms with Crippen molar-refractivity contribution in [1.29, 1.82) is 0 Å². The molecule has 1 aliphatic carbocycles. The monoisotopic (exact) mass is 608 g/mol. The number of para-hydroxylation sites is 1. The molecule has 0 saturated heterocycles. The van der Waals surface area contributed by atoms with Crippen LogP contribution in [0.15, 0.2) is 71.7 Å². The van der Waals surface area contributed by atoms with E-state index in [0.717, 1.165) is 29.7 Å². The van der Waals surface area contributed by atoms with Gasteiger partial charge in [0.1, 0.15) is 0 Å². The number of hydrogen-bond donors (Lipinski definition) is 3. The van der Waals surface area contributed by atoms with E-state index in [1.54, 1.807) is 50.6 Å². The van der Waals surface area contributed by atoms with Gasteiger partial charge < -0.3 is 30.3 Å². The molecule has 0 unspecified atom stereocenters. The van der Waals surface area contributed by atoms with Crippen LogP contribution < -0.4 is 26.4 Å². The number of anilines is 4. The van der Waals surface area contributed by atoms with Crippen molar-refractivity contribution >= 4 is 40.6 Å². The van der Waals surface area contributed by atoms with Gasteiger partial charge in [-0.15, -0.1) is 10.2 Å². The van der Waals surface area contributed by atoms with E-state index < -0.39 is 5.91 Å². The number of nitrogens with one attached hydrogen (secondary N) is 3. The first-order valence-electron chi connectivity index (χ1n) is 14.6. The molecule has 3 N–H and O–H groups in total. The van der Waals surface area contributed by atoms with E-state index in [4.69, 9.17) is 0 Å². The Bertz CT molecular complexity index is 1810. The average molecular weight is 609 g/mol. The predicted molar refractivity (Wildman–Crippen MR) is 174 cm³/mol. The molecular weight excluding hydrogens is 572 g/mol. The fourth-order valence-corrected chi connectivity index (χ4v) is 5.03. The highest BCUT2D eigenvalue weighted by molar-refractivity contribution is 6.01. The smallest absolute Gasteiger partial charge is 0.273 e. The maximum Gasteiger partial charge on any atom is 0.273 e. The standard InChI is InChI=1S/C33H36N8O4/c1-34-31(43)28-26(18-27(37-38-28)36-30(42)21-13-14-21)35-25-10-6-9-24(29(25)39(2)3)20-11-15-22(16-12-20)32(44)41(5)19-23-8-7-17-40(4)33(23)45/h6-12,15-18,21H,13-14,19H2,1-5H3,(H,34,43)(H2,35,36,37,42). The molecule has 0 aliphatic heterocycles. The van der Waals surface area contributed by atoms with Gasteiger partial charge in [-0.25, -0.2) is 0 Å². The van der Waals surface area contributed by atoms with Gasteiger partial charge >= 0.3 is 0 Å². The van der Waals surface area contributed by atoms with Crippen LogP contribution in [0.4, 0.5) is 22.9 Å². The Kier molecular flexibility index (Phi) is 8.93. The number of hydrogen-bond acceptors (Lipinski definition) is 8. The number of rotatable bonds is 10. The number of aryl methyl sites for hydroxylation is 1. The van der Waals surface area contributed by atoms with Crippen molar-refractivity contribution in [2.75, 3.05) is 43.7 Å². The van der Waals surface area contributed by atoms with E-state index in [-0.39, 0.29) is 41.3 Å². The Morgan fingerprint density at radius 3 is 2.36 bits per heavy atom. The highest BCUT2D eigenvalue weighted by Gasteiger charge is 2.30. The quantitative estimate of drug-likeness (QED) is 0.248. The molecule has 232 valence electrons. The van der Waals surface area contributed by atoms with Crippen LogP contribution in [0.3, 0.4) is 0 Å². The van der Waals surface area contributed by atoms with E-state index in [0.29, 0.717) is 22.5 Å². The van der Waals surface area contributed by atoms with Crippen LogP contribution in [0.25, 0.3) is 11.1 Å². The third kappa shape index (κ3) is 6.85.